The molecule has 0 fully saturated rings. The van der Waals surface area contributed by atoms with Crippen molar-refractivity contribution in [3.63, 3.8) is 0 Å². The van der Waals surface area contributed by atoms with Crippen molar-refractivity contribution in [2.45, 2.75) is 33.4 Å². The van der Waals surface area contributed by atoms with Crippen LogP contribution in [-0.4, -0.2) is 30.8 Å². The zero-order valence-corrected chi connectivity index (χ0v) is 17.1. The molecule has 160 valence electrons. The van der Waals surface area contributed by atoms with E-state index in [4.69, 9.17) is 9.47 Å². The van der Waals surface area contributed by atoms with Crippen LogP contribution in [-0.2, 0) is 16.1 Å². The number of ether oxygens (including phenoxy) is 2. The highest BCUT2D eigenvalue weighted by Gasteiger charge is 2.28. The number of rotatable bonds is 8. The number of Topliss-reactive ketones (excluding diaryl/α,β-unsaturated/α-hetero) is 1. The molecule has 30 heavy (non-hydrogen) atoms. The number of carbonyl (C=O) groups excluding carboxylic acids is 3. The first kappa shape index (κ1) is 23.0. The predicted molar refractivity (Wildman–Crippen MR) is 105 cm³/mol. The van der Waals surface area contributed by atoms with Gasteiger partial charge in [-0.1, -0.05) is 19.9 Å². The summed E-state index contributed by atoms with van der Waals surface area (Å²) in [6.45, 7) is 4.50. The molecule has 0 saturated heterocycles. The lowest BCUT2D eigenvalue weighted by molar-refractivity contribution is -0.148. The number of ketones is 1. The average molecular weight is 419 g/mol. The fourth-order valence-electron chi connectivity index (χ4n) is 2.77. The SMILES string of the molecule is COc1ccc(C(C)=O)cc1COC(=O)[C@@H](NC(=O)c1c(F)cccc1F)C(C)C. The molecule has 0 saturated carbocycles. The lowest BCUT2D eigenvalue weighted by Gasteiger charge is -2.21. The van der Waals surface area contributed by atoms with Crippen LogP contribution in [0.3, 0.4) is 0 Å². The summed E-state index contributed by atoms with van der Waals surface area (Å²) in [5, 5.41) is 2.33. The van der Waals surface area contributed by atoms with E-state index in [1.54, 1.807) is 32.0 Å². The number of hydrogen-bond donors (Lipinski definition) is 1. The Hall–Kier alpha value is -3.29. The van der Waals surface area contributed by atoms with Crippen molar-refractivity contribution in [2.75, 3.05) is 7.11 Å². The minimum Gasteiger partial charge on any atom is -0.496 e. The van der Waals surface area contributed by atoms with Gasteiger partial charge in [0, 0.05) is 11.1 Å². The number of halogens is 2. The molecule has 1 amide bonds. The molecule has 0 aromatic heterocycles. The molecule has 0 spiro atoms. The molecule has 6 nitrogen and oxygen atoms in total. The summed E-state index contributed by atoms with van der Waals surface area (Å²) >= 11 is 0. The maximum absolute atomic E-state index is 13.9. The summed E-state index contributed by atoms with van der Waals surface area (Å²) in [6, 6.07) is 6.63. The van der Waals surface area contributed by atoms with Gasteiger partial charge in [-0.2, -0.15) is 0 Å². The molecular weight excluding hydrogens is 396 g/mol. The van der Waals surface area contributed by atoms with Crippen LogP contribution in [0.2, 0.25) is 0 Å². The van der Waals surface area contributed by atoms with Gasteiger partial charge in [0.2, 0.25) is 0 Å². The van der Waals surface area contributed by atoms with Gasteiger partial charge >= 0.3 is 5.97 Å². The second-order valence-electron chi connectivity index (χ2n) is 6.98. The van der Waals surface area contributed by atoms with Crippen molar-refractivity contribution in [1.29, 1.82) is 0 Å². The van der Waals surface area contributed by atoms with Crippen molar-refractivity contribution < 1.29 is 32.6 Å². The van der Waals surface area contributed by atoms with Crippen LogP contribution in [0.4, 0.5) is 8.78 Å². The molecule has 0 unspecified atom stereocenters. The van der Waals surface area contributed by atoms with Crippen LogP contribution >= 0.6 is 0 Å². The van der Waals surface area contributed by atoms with E-state index < -0.39 is 41.0 Å². The monoisotopic (exact) mass is 419 g/mol. The largest absolute Gasteiger partial charge is 0.496 e. The molecule has 0 radical (unpaired) electrons. The predicted octanol–water partition coefficient (Wildman–Crippen LogP) is 3.67. The van der Waals surface area contributed by atoms with Gasteiger partial charge in [-0.25, -0.2) is 13.6 Å². The summed E-state index contributed by atoms with van der Waals surface area (Å²) < 4.78 is 38.2. The standard InChI is InChI=1S/C22H23F2NO5/c1-12(2)20(25-21(27)19-16(23)6-5-7-17(19)24)22(28)30-11-15-10-14(13(3)26)8-9-18(15)29-4/h5-10,12,20H,11H2,1-4H3,(H,25,27)/t20-/m0/s1. The average Bonchev–Trinajstić information content (AvgIpc) is 2.69. The van der Waals surface area contributed by atoms with Crippen molar-refractivity contribution in [3.05, 3.63) is 64.7 Å². The number of hydrogen-bond acceptors (Lipinski definition) is 5. The minimum absolute atomic E-state index is 0.163. The number of nitrogens with one attached hydrogen (secondary N) is 1. The molecule has 1 N–H and O–H groups in total. The Morgan fingerprint density at radius 3 is 2.23 bits per heavy atom. The van der Waals surface area contributed by atoms with Gasteiger partial charge in [0.05, 0.1) is 7.11 Å². The third-order valence-electron chi connectivity index (χ3n) is 4.45. The van der Waals surface area contributed by atoms with Crippen LogP contribution in [0.5, 0.6) is 5.75 Å². The number of methoxy groups -OCH3 is 1. The normalized spacial score (nSPS) is 11.7. The van der Waals surface area contributed by atoms with Crippen LogP contribution in [0.1, 0.15) is 47.1 Å². The van der Waals surface area contributed by atoms with Crippen LogP contribution in [0.15, 0.2) is 36.4 Å². The molecule has 0 bridgehead atoms. The van der Waals surface area contributed by atoms with E-state index in [9.17, 15) is 23.2 Å². The fourth-order valence-corrected chi connectivity index (χ4v) is 2.77. The number of benzene rings is 2. The molecular formula is C22H23F2NO5. The van der Waals surface area contributed by atoms with Gasteiger partial charge in [-0.3, -0.25) is 9.59 Å². The van der Waals surface area contributed by atoms with Gasteiger partial charge in [0.25, 0.3) is 5.91 Å². The van der Waals surface area contributed by atoms with E-state index >= 15 is 0 Å². The molecule has 0 heterocycles. The van der Waals surface area contributed by atoms with Crippen molar-refractivity contribution >= 4 is 17.7 Å². The van der Waals surface area contributed by atoms with E-state index in [-0.39, 0.29) is 12.4 Å². The molecule has 2 aromatic carbocycles. The maximum Gasteiger partial charge on any atom is 0.329 e. The van der Waals surface area contributed by atoms with Crippen LogP contribution in [0.25, 0.3) is 0 Å². The van der Waals surface area contributed by atoms with Gasteiger partial charge in [0.1, 0.15) is 35.6 Å². The molecule has 2 rings (SSSR count). The number of esters is 1. The summed E-state index contributed by atoms with van der Waals surface area (Å²) in [5.41, 5.74) is 0.116. The first-order valence-corrected chi connectivity index (χ1v) is 9.25. The molecule has 2 aromatic rings. The van der Waals surface area contributed by atoms with E-state index in [1.807, 2.05) is 0 Å². The Kier molecular flexibility index (Phi) is 7.63. The molecule has 0 aliphatic rings. The maximum atomic E-state index is 13.9. The topological polar surface area (TPSA) is 81.7 Å². The van der Waals surface area contributed by atoms with E-state index in [0.717, 1.165) is 18.2 Å². The van der Waals surface area contributed by atoms with Gasteiger partial charge in [-0.05, 0) is 43.2 Å². The highest BCUT2D eigenvalue weighted by atomic mass is 19.1. The smallest absolute Gasteiger partial charge is 0.329 e. The summed E-state index contributed by atoms with van der Waals surface area (Å²) in [6.07, 6.45) is 0. The molecule has 0 aliphatic carbocycles. The minimum atomic E-state index is -1.14. The van der Waals surface area contributed by atoms with Crippen molar-refractivity contribution in [2.24, 2.45) is 5.92 Å². The summed E-state index contributed by atoms with van der Waals surface area (Å²) in [5.74, 6) is -4.07. The molecule has 8 heteroatoms. The van der Waals surface area contributed by atoms with Crippen molar-refractivity contribution in [3.8, 4) is 5.75 Å². The van der Waals surface area contributed by atoms with Gasteiger partial charge in [-0.15, -0.1) is 0 Å². The zero-order chi connectivity index (χ0) is 22.4. The fraction of sp³-hybridized carbons (Fsp3) is 0.318. The quantitative estimate of drug-likeness (QED) is 0.522. The van der Waals surface area contributed by atoms with Crippen LogP contribution < -0.4 is 10.1 Å². The first-order valence-electron chi connectivity index (χ1n) is 9.25. The lowest BCUT2D eigenvalue weighted by atomic mass is 10.0. The van der Waals surface area contributed by atoms with E-state index in [2.05, 4.69) is 5.32 Å². The number of amides is 1. The number of carbonyl (C=O) groups is 3. The Morgan fingerprint density at radius 1 is 1.07 bits per heavy atom. The van der Waals surface area contributed by atoms with Crippen molar-refractivity contribution in [1.82, 2.24) is 5.32 Å². The second kappa shape index (κ2) is 9.96. The first-order chi connectivity index (χ1) is 14.1. The van der Waals surface area contributed by atoms with Crippen LogP contribution in [0, 0.1) is 17.6 Å². The van der Waals surface area contributed by atoms with E-state index in [1.165, 1.54) is 14.0 Å². The highest BCUT2D eigenvalue weighted by molar-refractivity contribution is 5.97. The third-order valence-corrected chi connectivity index (χ3v) is 4.45. The van der Waals surface area contributed by atoms with Gasteiger partial charge < -0.3 is 14.8 Å². The molecule has 0 aliphatic heterocycles. The van der Waals surface area contributed by atoms with E-state index in [0.29, 0.717) is 16.9 Å². The Morgan fingerprint density at radius 2 is 1.70 bits per heavy atom. The van der Waals surface area contributed by atoms with Gasteiger partial charge in [0.15, 0.2) is 5.78 Å². The highest BCUT2D eigenvalue weighted by Crippen LogP contribution is 2.22. The summed E-state index contributed by atoms with van der Waals surface area (Å²) in [4.78, 5) is 36.5. The third kappa shape index (κ3) is 5.40. The zero-order valence-electron chi connectivity index (χ0n) is 17.1. The Labute approximate surface area is 173 Å². The molecule has 1 atom stereocenters. The Balaban J connectivity index is 2.16. The summed E-state index contributed by atoms with van der Waals surface area (Å²) in [7, 11) is 1.44. The second-order valence-corrected chi connectivity index (χ2v) is 6.98. The Bertz CT molecular complexity index is 938. The lowest BCUT2D eigenvalue weighted by Crippen LogP contribution is -2.45.